The summed E-state index contributed by atoms with van der Waals surface area (Å²) < 4.78 is 0. The van der Waals surface area contributed by atoms with Gasteiger partial charge in [0.15, 0.2) is 5.96 Å². The molecule has 1 aliphatic heterocycles. The zero-order valence-corrected chi connectivity index (χ0v) is 23.4. The number of nitrogens with zero attached hydrogens (tertiary/aromatic N) is 4. The molecule has 186 valence electrons. The lowest BCUT2D eigenvalue weighted by Crippen LogP contribution is -2.38. The standard InChI is InChI=1S/C27H39N5O.HI/c1-5-28-27(29-17-16-22-10-9-11-24(20-22)26(33)30(2)3)31(4)21-23-12-14-25(15-13-23)32-18-7-6-8-19-32;/h9-15,20H,5-8,16-19,21H2,1-4H3,(H,28,29);1H. The number of carbonyl (C=O) groups is 1. The highest BCUT2D eigenvalue weighted by Crippen LogP contribution is 2.20. The minimum Gasteiger partial charge on any atom is -0.372 e. The van der Waals surface area contributed by atoms with Crippen LogP contribution in [0.15, 0.2) is 53.5 Å². The van der Waals surface area contributed by atoms with Crippen LogP contribution < -0.4 is 10.2 Å². The monoisotopic (exact) mass is 577 g/mol. The Hall–Kier alpha value is -2.29. The van der Waals surface area contributed by atoms with Gasteiger partial charge in [0.25, 0.3) is 5.91 Å². The van der Waals surface area contributed by atoms with E-state index in [9.17, 15) is 4.79 Å². The van der Waals surface area contributed by atoms with Crippen molar-refractivity contribution in [2.75, 3.05) is 52.2 Å². The van der Waals surface area contributed by atoms with Crippen molar-refractivity contribution in [3.05, 3.63) is 65.2 Å². The number of hydrogen-bond donors (Lipinski definition) is 1. The van der Waals surface area contributed by atoms with Gasteiger partial charge in [-0.2, -0.15) is 0 Å². The Morgan fingerprint density at radius 1 is 1.00 bits per heavy atom. The van der Waals surface area contributed by atoms with E-state index in [1.807, 2.05) is 18.2 Å². The summed E-state index contributed by atoms with van der Waals surface area (Å²) in [5.41, 5.74) is 4.45. The summed E-state index contributed by atoms with van der Waals surface area (Å²) in [6.07, 6.45) is 4.74. The molecule has 1 fully saturated rings. The van der Waals surface area contributed by atoms with Crippen LogP contribution in [0.1, 0.15) is 47.7 Å². The lowest BCUT2D eigenvalue weighted by Gasteiger charge is -2.29. The van der Waals surface area contributed by atoms with Crippen molar-refractivity contribution in [3.63, 3.8) is 0 Å². The molecule has 3 rings (SSSR count). The van der Waals surface area contributed by atoms with Gasteiger partial charge in [-0.1, -0.05) is 24.3 Å². The largest absolute Gasteiger partial charge is 0.372 e. The van der Waals surface area contributed by atoms with E-state index in [1.54, 1.807) is 19.0 Å². The molecule has 0 aromatic heterocycles. The summed E-state index contributed by atoms with van der Waals surface area (Å²) in [4.78, 5) is 23.3. The fourth-order valence-electron chi connectivity index (χ4n) is 4.19. The Morgan fingerprint density at radius 2 is 1.71 bits per heavy atom. The number of benzene rings is 2. The molecule has 1 saturated heterocycles. The zero-order chi connectivity index (χ0) is 23.6. The lowest BCUT2D eigenvalue weighted by molar-refractivity contribution is 0.0827. The maximum Gasteiger partial charge on any atom is 0.253 e. The SMILES string of the molecule is CCNC(=NCCc1cccc(C(=O)N(C)C)c1)N(C)Cc1ccc(N2CCCCC2)cc1.I. The van der Waals surface area contributed by atoms with Crippen LogP contribution in [-0.2, 0) is 13.0 Å². The van der Waals surface area contributed by atoms with Crippen LogP contribution in [0.2, 0.25) is 0 Å². The topological polar surface area (TPSA) is 51.2 Å². The van der Waals surface area contributed by atoms with Crippen molar-refractivity contribution >= 4 is 41.5 Å². The van der Waals surface area contributed by atoms with Gasteiger partial charge in [0.2, 0.25) is 0 Å². The van der Waals surface area contributed by atoms with Crippen LogP contribution in [0, 0.1) is 0 Å². The molecule has 2 aromatic carbocycles. The van der Waals surface area contributed by atoms with Gasteiger partial charge in [0.05, 0.1) is 0 Å². The molecule has 7 heteroatoms. The Labute approximate surface area is 222 Å². The quantitative estimate of drug-likeness (QED) is 0.282. The number of nitrogens with one attached hydrogen (secondary N) is 1. The molecule has 0 radical (unpaired) electrons. The van der Waals surface area contributed by atoms with Crippen molar-refractivity contribution in [2.45, 2.75) is 39.2 Å². The molecule has 0 unspecified atom stereocenters. The van der Waals surface area contributed by atoms with Crippen LogP contribution in [0.3, 0.4) is 0 Å². The number of piperidine rings is 1. The Balaban J connectivity index is 0.00000408. The third kappa shape index (κ3) is 8.18. The molecule has 1 aliphatic rings. The summed E-state index contributed by atoms with van der Waals surface area (Å²) in [6.45, 7) is 6.72. The molecule has 1 N–H and O–H groups in total. The van der Waals surface area contributed by atoms with E-state index in [1.165, 1.54) is 43.6 Å². The first kappa shape index (κ1) is 28.0. The second-order valence-electron chi connectivity index (χ2n) is 8.96. The summed E-state index contributed by atoms with van der Waals surface area (Å²) in [7, 11) is 5.63. The molecule has 1 amide bonds. The van der Waals surface area contributed by atoms with Gasteiger partial charge >= 0.3 is 0 Å². The van der Waals surface area contributed by atoms with Crippen LogP contribution in [-0.4, -0.2) is 69.0 Å². The summed E-state index contributed by atoms with van der Waals surface area (Å²) >= 11 is 0. The molecule has 0 saturated carbocycles. The van der Waals surface area contributed by atoms with E-state index in [2.05, 4.69) is 59.4 Å². The molecule has 0 spiro atoms. The van der Waals surface area contributed by atoms with E-state index in [0.717, 1.165) is 36.6 Å². The summed E-state index contributed by atoms with van der Waals surface area (Å²) in [5, 5.41) is 3.40. The van der Waals surface area contributed by atoms with Crippen molar-refractivity contribution in [2.24, 2.45) is 4.99 Å². The minimum atomic E-state index is 0. The number of anilines is 1. The Kier molecular flexibility index (Phi) is 11.7. The summed E-state index contributed by atoms with van der Waals surface area (Å²) in [5.74, 6) is 0.929. The van der Waals surface area contributed by atoms with Gasteiger partial charge in [-0.15, -0.1) is 24.0 Å². The molecular formula is C27H40IN5O. The molecule has 0 bridgehead atoms. The van der Waals surface area contributed by atoms with Gasteiger partial charge < -0.3 is 20.0 Å². The third-order valence-electron chi connectivity index (χ3n) is 6.02. The minimum absolute atomic E-state index is 0. The normalized spacial score (nSPS) is 13.8. The second-order valence-corrected chi connectivity index (χ2v) is 8.96. The molecule has 1 heterocycles. The van der Waals surface area contributed by atoms with E-state index in [-0.39, 0.29) is 29.9 Å². The first-order chi connectivity index (χ1) is 16.0. The summed E-state index contributed by atoms with van der Waals surface area (Å²) in [6, 6.07) is 16.8. The van der Waals surface area contributed by atoms with Gasteiger partial charge in [-0.3, -0.25) is 9.79 Å². The van der Waals surface area contributed by atoms with Gasteiger partial charge in [-0.25, -0.2) is 0 Å². The number of aliphatic imine (C=N–C) groups is 1. The fraction of sp³-hybridized carbons (Fsp3) is 0.481. The lowest BCUT2D eigenvalue weighted by atomic mass is 10.1. The molecule has 6 nitrogen and oxygen atoms in total. The predicted octanol–water partition coefficient (Wildman–Crippen LogP) is 4.64. The van der Waals surface area contributed by atoms with E-state index in [4.69, 9.17) is 4.99 Å². The van der Waals surface area contributed by atoms with Crippen molar-refractivity contribution in [1.82, 2.24) is 15.1 Å². The van der Waals surface area contributed by atoms with Crippen LogP contribution in [0.25, 0.3) is 0 Å². The molecule has 0 aliphatic carbocycles. The number of guanidine groups is 1. The van der Waals surface area contributed by atoms with Crippen molar-refractivity contribution in [1.29, 1.82) is 0 Å². The number of halogens is 1. The number of hydrogen-bond acceptors (Lipinski definition) is 3. The van der Waals surface area contributed by atoms with E-state index in [0.29, 0.717) is 6.54 Å². The highest BCUT2D eigenvalue weighted by atomic mass is 127. The molecule has 0 atom stereocenters. The first-order valence-electron chi connectivity index (χ1n) is 12.1. The number of rotatable bonds is 8. The highest BCUT2D eigenvalue weighted by Gasteiger charge is 2.12. The average Bonchev–Trinajstić information content (AvgIpc) is 2.84. The molecule has 2 aromatic rings. The first-order valence-corrected chi connectivity index (χ1v) is 12.1. The predicted molar refractivity (Wildman–Crippen MR) is 154 cm³/mol. The van der Waals surface area contributed by atoms with E-state index >= 15 is 0 Å². The highest BCUT2D eigenvalue weighted by molar-refractivity contribution is 14.0. The van der Waals surface area contributed by atoms with Crippen LogP contribution in [0.4, 0.5) is 5.69 Å². The van der Waals surface area contributed by atoms with Gasteiger partial charge in [0, 0.05) is 65.1 Å². The maximum absolute atomic E-state index is 12.2. The Bertz CT molecular complexity index is 923. The molecule has 34 heavy (non-hydrogen) atoms. The third-order valence-corrected chi connectivity index (χ3v) is 6.02. The second kappa shape index (κ2) is 14.2. The fourth-order valence-corrected chi connectivity index (χ4v) is 4.19. The van der Waals surface area contributed by atoms with E-state index < -0.39 is 0 Å². The average molecular weight is 578 g/mol. The number of carbonyl (C=O) groups excluding carboxylic acids is 1. The smallest absolute Gasteiger partial charge is 0.253 e. The Morgan fingerprint density at radius 3 is 2.35 bits per heavy atom. The van der Waals surface area contributed by atoms with Crippen LogP contribution >= 0.6 is 24.0 Å². The van der Waals surface area contributed by atoms with Gasteiger partial charge in [0.1, 0.15) is 0 Å². The molecular weight excluding hydrogens is 537 g/mol. The van der Waals surface area contributed by atoms with Gasteiger partial charge in [-0.05, 0) is 68.0 Å². The number of amides is 1. The zero-order valence-electron chi connectivity index (χ0n) is 21.1. The maximum atomic E-state index is 12.2. The van der Waals surface area contributed by atoms with Crippen LogP contribution in [0.5, 0.6) is 0 Å². The van der Waals surface area contributed by atoms with Crippen molar-refractivity contribution in [3.8, 4) is 0 Å². The van der Waals surface area contributed by atoms with Crippen molar-refractivity contribution < 1.29 is 4.79 Å².